The molecule has 1 rings (SSSR count). The Balaban J connectivity index is 3.21. The summed E-state index contributed by atoms with van der Waals surface area (Å²) < 4.78 is 28.1. The molecular weight excluding hydrogens is 296 g/mol. The molecule has 21 heavy (non-hydrogen) atoms. The molecule has 8 heteroatoms. The van der Waals surface area contributed by atoms with Gasteiger partial charge < -0.3 is 15.4 Å². The average molecular weight is 314 g/mol. The lowest BCUT2D eigenvalue weighted by molar-refractivity contribution is -0.115. The van der Waals surface area contributed by atoms with Crippen molar-refractivity contribution >= 4 is 27.4 Å². The molecule has 2 N–H and O–H groups in total. The molecule has 0 aliphatic rings. The van der Waals surface area contributed by atoms with Gasteiger partial charge in [0.1, 0.15) is 0 Å². The van der Waals surface area contributed by atoms with Gasteiger partial charge in [0, 0.05) is 11.9 Å². The van der Waals surface area contributed by atoms with Crippen molar-refractivity contribution in [1.82, 2.24) is 5.32 Å². The highest BCUT2D eigenvalue weighted by atomic mass is 32.2. The number of esters is 1. The Morgan fingerprint density at radius 3 is 2.43 bits per heavy atom. The van der Waals surface area contributed by atoms with Gasteiger partial charge >= 0.3 is 5.97 Å². The van der Waals surface area contributed by atoms with E-state index in [1.807, 2.05) is 0 Å². The summed E-state index contributed by atoms with van der Waals surface area (Å²) in [4.78, 5) is 23.2. The van der Waals surface area contributed by atoms with Crippen molar-refractivity contribution in [2.75, 3.05) is 31.8 Å². The molecule has 0 heterocycles. The second-order valence-corrected chi connectivity index (χ2v) is 6.33. The van der Waals surface area contributed by atoms with Crippen LogP contribution in [0.1, 0.15) is 17.3 Å². The predicted octanol–water partition coefficient (Wildman–Crippen LogP) is 0.425. The molecule has 116 valence electrons. The number of rotatable bonds is 6. The highest BCUT2D eigenvalue weighted by Crippen LogP contribution is 2.20. The molecule has 0 atom stereocenters. The number of amides is 1. The Morgan fingerprint density at radius 1 is 1.24 bits per heavy atom. The predicted molar refractivity (Wildman–Crippen MR) is 78.1 cm³/mol. The van der Waals surface area contributed by atoms with Gasteiger partial charge in [-0.2, -0.15) is 0 Å². The number of anilines is 1. The van der Waals surface area contributed by atoms with Crippen molar-refractivity contribution in [2.45, 2.75) is 11.8 Å². The Bertz CT molecular complexity index is 640. The van der Waals surface area contributed by atoms with E-state index in [4.69, 9.17) is 4.74 Å². The van der Waals surface area contributed by atoms with E-state index in [2.05, 4.69) is 10.6 Å². The maximum absolute atomic E-state index is 11.7. The number of ether oxygens (including phenoxy) is 1. The van der Waals surface area contributed by atoms with Crippen molar-refractivity contribution in [2.24, 2.45) is 0 Å². The normalized spacial score (nSPS) is 11.0. The zero-order chi connectivity index (χ0) is 16.0. The van der Waals surface area contributed by atoms with Crippen molar-refractivity contribution in [3.8, 4) is 0 Å². The zero-order valence-electron chi connectivity index (χ0n) is 12.1. The molecule has 0 spiro atoms. The van der Waals surface area contributed by atoms with Crippen molar-refractivity contribution in [3.63, 3.8) is 0 Å². The molecule has 0 bridgehead atoms. The lowest BCUT2D eigenvalue weighted by atomic mass is 10.2. The number of likely N-dealkylation sites (N-methyl/N-ethyl adjacent to an activating group) is 1. The van der Waals surface area contributed by atoms with Crippen LogP contribution >= 0.6 is 0 Å². The van der Waals surface area contributed by atoms with Crippen LogP contribution in [0.5, 0.6) is 0 Å². The maximum atomic E-state index is 11.7. The number of carbonyl (C=O) groups is 2. The molecule has 0 aromatic heterocycles. The third-order valence-electron chi connectivity index (χ3n) is 2.47. The molecule has 1 aromatic carbocycles. The molecule has 1 aromatic rings. The number of carbonyl (C=O) groups excluding carboxylic acids is 2. The summed E-state index contributed by atoms with van der Waals surface area (Å²) in [5, 5.41) is 5.19. The van der Waals surface area contributed by atoms with Gasteiger partial charge in [-0.1, -0.05) is 0 Å². The molecule has 7 nitrogen and oxygen atoms in total. The van der Waals surface area contributed by atoms with E-state index in [0.717, 1.165) is 6.26 Å². The summed E-state index contributed by atoms with van der Waals surface area (Å²) in [7, 11) is -1.91. The fourth-order valence-corrected chi connectivity index (χ4v) is 2.27. The van der Waals surface area contributed by atoms with Crippen LogP contribution in [0.4, 0.5) is 5.69 Å². The first-order valence-electron chi connectivity index (χ1n) is 6.24. The van der Waals surface area contributed by atoms with Crippen molar-refractivity contribution in [1.29, 1.82) is 0 Å². The van der Waals surface area contributed by atoms with Crippen LogP contribution in [0.3, 0.4) is 0 Å². The first-order valence-corrected chi connectivity index (χ1v) is 8.13. The average Bonchev–Trinajstić information content (AvgIpc) is 2.37. The molecule has 0 fully saturated rings. The van der Waals surface area contributed by atoms with Gasteiger partial charge in [-0.05, 0) is 32.2 Å². The first-order chi connectivity index (χ1) is 9.77. The van der Waals surface area contributed by atoms with E-state index < -0.39 is 15.8 Å². The number of benzene rings is 1. The van der Waals surface area contributed by atoms with Crippen LogP contribution in [0.2, 0.25) is 0 Å². The minimum atomic E-state index is -3.52. The molecule has 0 aliphatic heterocycles. The summed E-state index contributed by atoms with van der Waals surface area (Å²) in [6.07, 6.45) is 1.02. The van der Waals surface area contributed by atoms with Gasteiger partial charge in [0.15, 0.2) is 9.84 Å². The van der Waals surface area contributed by atoms with Crippen LogP contribution < -0.4 is 10.6 Å². The molecule has 1 amide bonds. The second kappa shape index (κ2) is 7.19. The van der Waals surface area contributed by atoms with Gasteiger partial charge in [0.05, 0.1) is 23.6 Å². The van der Waals surface area contributed by atoms with E-state index >= 15 is 0 Å². The minimum Gasteiger partial charge on any atom is -0.462 e. The first kappa shape index (κ1) is 17.1. The van der Waals surface area contributed by atoms with Crippen LogP contribution in [-0.2, 0) is 19.4 Å². The monoisotopic (exact) mass is 314 g/mol. The van der Waals surface area contributed by atoms with Crippen LogP contribution in [-0.4, -0.2) is 46.7 Å². The second-order valence-electron chi connectivity index (χ2n) is 4.32. The summed E-state index contributed by atoms with van der Waals surface area (Å²) in [6, 6.07) is 3.90. The van der Waals surface area contributed by atoms with E-state index in [9.17, 15) is 18.0 Å². The SMILES string of the molecule is CCOC(=O)c1cc(NC(=O)CNC)cc(S(C)(=O)=O)c1. The summed E-state index contributed by atoms with van der Waals surface area (Å²) in [6.45, 7) is 1.88. The lowest BCUT2D eigenvalue weighted by Gasteiger charge is -2.10. The molecule has 0 saturated heterocycles. The molecule has 0 unspecified atom stereocenters. The van der Waals surface area contributed by atoms with Crippen LogP contribution in [0.15, 0.2) is 23.1 Å². The molecule has 0 saturated carbocycles. The van der Waals surface area contributed by atoms with Gasteiger partial charge in [-0.25, -0.2) is 13.2 Å². The van der Waals surface area contributed by atoms with Crippen molar-refractivity contribution in [3.05, 3.63) is 23.8 Å². The maximum Gasteiger partial charge on any atom is 0.338 e. The lowest BCUT2D eigenvalue weighted by Crippen LogP contribution is -2.25. The van der Waals surface area contributed by atoms with Gasteiger partial charge in [-0.15, -0.1) is 0 Å². The van der Waals surface area contributed by atoms with Gasteiger partial charge in [0.25, 0.3) is 0 Å². The van der Waals surface area contributed by atoms with E-state index in [1.165, 1.54) is 18.2 Å². The summed E-state index contributed by atoms with van der Waals surface area (Å²) >= 11 is 0. The van der Waals surface area contributed by atoms with E-state index in [-0.39, 0.29) is 35.2 Å². The quantitative estimate of drug-likeness (QED) is 0.738. The standard InChI is InChI=1S/C13H18N2O5S/c1-4-20-13(17)9-5-10(15-12(16)8-14-2)7-11(6-9)21(3,18)19/h5-7,14H,4,8H2,1-3H3,(H,15,16). The van der Waals surface area contributed by atoms with Crippen molar-refractivity contribution < 1.29 is 22.7 Å². The topological polar surface area (TPSA) is 102 Å². The van der Waals surface area contributed by atoms with Gasteiger partial charge in [0.2, 0.25) is 5.91 Å². The highest BCUT2D eigenvalue weighted by molar-refractivity contribution is 7.90. The Labute approximate surface area is 123 Å². The molecular formula is C13H18N2O5S. The zero-order valence-corrected chi connectivity index (χ0v) is 12.9. The van der Waals surface area contributed by atoms with Gasteiger partial charge in [-0.3, -0.25) is 4.79 Å². The largest absolute Gasteiger partial charge is 0.462 e. The molecule has 0 radical (unpaired) electrons. The highest BCUT2D eigenvalue weighted by Gasteiger charge is 2.16. The fraction of sp³-hybridized carbons (Fsp3) is 0.385. The molecule has 0 aliphatic carbocycles. The Morgan fingerprint density at radius 2 is 1.90 bits per heavy atom. The third kappa shape index (κ3) is 5.16. The third-order valence-corrected chi connectivity index (χ3v) is 3.56. The van der Waals surface area contributed by atoms with E-state index in [1.54, 1.807) is 14.0 Å². The Kier molecular flexibility index (Phi) is 5.86. The fourth-order valence-electron chi connectivity index (χ4n) is 1.58. The van der Waals surface area contributed by atoms with Crippen LogP contribution in [0.25, 0.3) is 0 Å². The van der Waals surface area contributed by atoms with Crippen LogP contribution in [0, 0.1) is 0 Å². The van der Waals surface area contributed by atoms with E-state index in [0.29, 0.717) is 0 Å². The number of nitrogens with one attached hydrogen (secondary N) is 2. The summed E-state index contributed by atoms with van der Waals surface area (Å²) in [5.74, 6) is -0.995. The number of hydrogen-bond donors (Lipinski definition) is 2. The Hall–Kier alpha value is -1.93. The smallest absolute Gasteiger partial charge is 0.338 e. The number of sulfone groups is 1. The number of hydrogen-bond acceptors (Lipinski definition) is 6. The summed E-state index contributed by atoms with van der Waals surface area (Å²) in [5.41, 5.74) is 0.292. The minimum absolute atomic E-state index is 0.0622.